The van der Waals surface area contributed by atoms with E-state index in [1.165, 1.54) is 0 Å². The molecule has 29 heavy (non-hydrogen) atoms. The second kappa shape index (κ2) is 9.96. The lowest BCUT2D eigenvalue weighted by atomic mass is 10.1. The fourth-order valence-corrected chi connectivity index (χ4v) is 3.48. The Balaban J connectivity index is 1.51. The number of amides is 2. The number of carbonyl (C=O) groups excluding carboxylic acids is 2. The lowest BCUT2D eigenvalue weighted by Crippen LogP contribution is -2.38. The molecule has 1 fully saturated rings. The van der Waals surface area contributed by atoms with Crippen LogP contribution in [0.3, 0.4) is 0 Å². The van der Waals surface area contributed by atoms with Gasteiger partial charge in [-0.3, -0.25) is 9.59 Å². The number of carbonyl (C=O) groups is 2. The second-order valence-corrected chi connectivity index (χ2v) is 7.16. The number of nitrogens with zero attached hydrogens (tertiary/aromatic N) is 2. The van der Waals surface area contributed by atoms with E-state index in [0.29, 0.717) is 39.0 Å². The molecule has 2 amide bonds. The summed E-state index contributed by atoms with van der Waals surface area (Å²) in [5, 5.41) is 0. The number of hydrogen-bond acceptors (Lipinski definition) is 4. The van der Waals surface area contributed by atoms with Crippen molar-refractivity contribution in [3.8, 4) is 11.5 Å². The molecule has 2 aromatic carbocycles. The molecule has 0 spiro atoms. The highest BCUT2D eigenvalue weighted by atomic mass is 16.5. The summed E-state index contributed by atoms with van der Waals surface area (Å²) in [6.07, 6.45) is 1.52. The average Bonchev–Trinajstić information content (AvgIpc) is 3.01. The summed E-state index contributed by atoms with van der Waals surface area (Å²) in [5.41, 5.74) is 1.93. The van der Waals surface area contributed by atoms with Crippen LogP contribution in [0, 0.1) is 0 Å². The van der Waals surface area contributed by atoms with E-state index >= 15 is 0 Å². The molecule has 1 aliphatic heterocycles. The van der Waals surface area contributed by atoms with Crippen molar-refractivity contribution in [1.82, 2.24) is 9.80 Å². The van der Waals surface area contributed by atoms with Crippen LogP contribution in [-0.2, 0) is 22.4 Å². The lowest BCUT2D eigenvalue weighted by molar-refractivity contribution is -0.132. The Morgan fingerprint density at radius 1 is 0.690 bits per heavy atom. The van der Waals surface area contributed by atoms with Crippen molar-refractivity contribution in [2.45, 2.75) is 19.3 Å². The molecular weight excluding hydrogens is 368 g/mol. The van der Waals surface area contributed by atoms with Gasteiger partial charge in [0.05, 0.1) is 27.1 Å². The summed E-state index contributed by atoms with van der Waals surface area (Å²) < 4.78 is 10.3. The minimum Gasteiger partial charge on any atom is -0.497 e. The highest BCUT2D eigenvalue weighted by Crippen LogP contribution is 2.15. The van der Waals surface area contributed by atoms with Crippen LogP contribution in [0.25, 0.3) is 0 Å². The van der Waals surface area contributed by atoms with Gasteiger partial charge in [-0.05, 0) is 41.8 Å². The van der Waals surface area contributed by atoms with E-state index in [1.807, 2.05) is 58.3 Å². The molecule has 1 heterocycles. The van der Waals surface area contributed by atoms with Crippen molar-refractivity contribution in [3.05, 3.63) is 59.7 Å². The number of ether oxygens (including phenoxy) is 2. The summed E-state index contributed by atoms with van der Waals surface area (Å²) in [6.45, 7) is 2.51. The van der Waals surface area contributed by atoms with Crippen molar-refractivity contribution in [2.24, 2.45) is 0 Å². The molecule has 154 valence electrons. The number of hydrogen-bond donors (Lipinski definition) is 0. The normalized spacial score (nSPS) is 14.3. The summed E-state index contributed by atoms with van der Waals surface area (Å²) in [4.78, 5) is 29.1. The first-order valence-corrected chi connectivity index (χ1v) is 9.90. The second-order valence-electron chi connectivity index (χ2n) is 7.16. The molecule has 0 N–H and O–H groups in total. The van der Waals surface area contributed by atoms with Gasteiger partial charge in [-0.15, -0.1) is 0 Å². The van der Waals surface area contributed by atoms with Gasteiger partial charge in [0.15, 0.2) is 0 Å². The van der Waals surface area contributed by atoms with Gasteiger partial charge in [-0.25, -0.2) is 0 Å². The van der Waals surface area contributed by atoms with Crippen LogP contribution in [0.4, 0.5) is 0 Å². The molecule has 6 heteroatoms. The number of rotatable bonds is 6. The number of benzene rings is 2. The van der Waals surface area contributed by atoms with Gasteiger partial charge in [0, 0.05) is 26.2 Å². The first-order valence-electron chi connectivity index (χ1n) is 9.90. The predicted octanol–water partition coefficient (Wildman–Crippen LogP) is 2.55. The minimum absolute atomic E-state index is 0.0969. The molecule has 6 nitrogen and oxygen atoms in total. The monoisotopic (exact) mass is 396 g/mol. The van der Waals surface area contributed by atoms with Gasteiger partial charge in [-0.1, -0.05) is 24.3 Å². The van der Waals surface area contributed by atoms with Crippen LogP contribution in [0.15, 0.2) is 48.5 Å². The fourth-order valence-electron chi connectivity index (χ4n) is 3.48. The zero-order valence-corrected chi connectivity index (χ0v) is 17.1. The van der Waals surface area contributed by atoms with E-state index in [0.717, 1.165) is 29.0 Å². The van der Waals surface area contributed by atoms with Gasteiger partial charge < -0.3 is 19.3 Å². The summed E-state index contributed by atoms with van der Waals surface area (Å²) in [7, 11) is 3.25. The molecule has 0 saturated carbocycles. The van der Waals surface area contributed by atoms with E-state index < -0.39 is 0 Å². The Morgan fingerprint density at radius 2 is 1.07 bits per heavy atom. The smallest absolute Gasteiger partial charge is 0.227 e. The summed E-state index contributed by atoms with van der Waals surface area (Å²) >= 11 is 0. The molecule has 3 rings (SSSR count). The highest BCUT2D eigenvalue weighted by Gasteiger charge is 2.22. The molecular formula is C23H28N2O4. The van der Waals surface area contributed by atoms with E-state index in [9.17, 15) is 9.59 Å². The van der Waals surface area contributed by atoms with E-state index in [4.69, 9.17) is 9.47 Å². The predicted molar refractivity (Wildman–Crippen MR) is 111 cm³/mol. The first kappa shape index (κ1) is 20.7. The zero-order chi connectivity index (χ0) is 20.6. The van der Waals surface area contributed by atoms with Gasteiger partial charge >= 0.3 is 0 Å². The van der Waals surface area contributed by atoms with Crippen LogP contribution < -0.4 is 9.47 Å². The van der Waals surface area contributed by atoms with E-state index in [1.54, 1.807) is 14.2 Å². The van der Waals surface area contributed by atoms with Crippen LogP contribution in [0.2, 0.25) is 0 Å². The van der Waals surface area contributed by atoms with Crippen LogP contribution in [0.5, 0.6) is 11.5 Å². The van der Waals surface area contributed by atoms with Crippen molar-refractivity contribution >= 4 is 11.8 Å². The molecule has 0 unspecified atom stereocenters. The van der Waals surface area contributed by atoms with Gasteiger partial charge in [0.2, 0.25) is 11.8 Å². The molecule has 0 atom stereocenters. The van der Waals surface area contributed by atoms with Crippen LogP contribution in [-0.4, -0.2) is 62.0 Å². The Kier molecular flexibility index (Phi) is 7.11. The van der Waals surface area contributed by atoms with Gasteiger partial charge in [0.25, 0.3) is 0 Å². The largest absolute Gasteiger partial charge is 0.497 e. The standard InChI is InChI=1S/C23H28N2O4/c1-28-20-8-4-18(5-9-20)16-22(26)24-12-3-13-25(15-14-24)23(27)17-19-6-10-21(29-2)11-7-19/h4-11H,3,12-17H2,1-2H3. The summed E-state index contributed by atoms with van der Waals surface area (Å²) in [5.74, 6) is 1.75. The quantitative estimate of drug-likeness (QED) is 0.753. The molecule has 2 aromatic rings. The average molecular weight is 396 g/mol. The van der Waals surface area contributed by atoms with Crippen molar-refractivity contribution in [3.63, 3.8) is 0 Å². The maximum atomic E-state index is 12.7. The maximum Gasteiger partial charge on any atom is 0.227 e. The number of methoxy groups -OCH3 is 2. The Labute approximate surface area is 172 Å². The third-order valence-electron chi connectivity index (χ3n) is 5.23. The maximum absolute atomic E-state index is 12.7. The third-order valence-corrected chi connectivity index (χ3v) is 5.23. The SMILES string of the molecule is COc1ccc(CC(=O)N2CCCN(C(=O)Cc3ccc(OC)cc3)CC2)cc1. The van der Waals surface area contributed by atoms with Crippen LogP contribution in [0.1, 0.15) is 17.5 Å². The molecule has 0 aliphatic carbocycles. The van der Waals surface area contributed by atoms with E-state index in [-0.39, 0.29) is 11.8 Å². The van der Waals surface area contributed by atoms with Crippen LogP contribution >= 0.6 is 0 Å². The third kappa shape index (κ3) is 5.73. The topological polar surface area (TPSA) is 59.1 Å². The Hall–Kier alpha value is -3.02. The first-order chi connectivity index (χ1) is 14.1. The van der Waals surface area contributed by atoms with E-state index in [2.05, 4.69) is 0 Å². The van der Waals surface area contributed by atoms with Gasteiger partial charge in [0.1, 0.15) is 11.5 Å². The molecule has 1 saturated heterocycles. The Morgan fingerprint density at radius 3 is 1.41 bits per heavy atom. The lowest BCUT2D eigenvalue weighted by Gasteiger charge is -2.22. The molecule has 1 aliphatic rings. The van der Waals surface area contributed by atoms with Crippen molar-refractivity contribution in [2.75, 3.05) is 40.4 Å². The fraction of sp³-hybridized carbons (Fsp3) is 0.391. The molecule has 0 aromatic heterocycles. The van der Waals surface area contributed by atoms with Gasteiger partial charge in [-0.2, -0.15) is 0 Å². The Bertz CT molecular complexity index is 748. The summed E-state index contributed by atoms with van der Waals surface area (Å²) in [6, 6.07) is 15.1. The minimum atomic E-state index is 0.0969. The van der Waals surface area contributed by atoms with Crippen molar-refractivity contribution in [1.29, 1.82) is 0 Å². The molecule has 0 radical (unpaired) electrons. The molecule has 0 bridgehead atoms. The highest BCUT2D eigenvalue weighted by molar-refractivity contribution is 5.80. The van der Waals surface area contributed by atoms with Crippen molar-refractivity contribution < 1.29 is 19.1 Å². The zero-order valence-electron chi connectivity index (χ0n) is 17.1.